The highest BCUT2D eigenvalue weighted by Gasteiger charge is 2.10. The van der Waals surface area contributed by atoms with Crippen LogP contribution in [-0.2, 0) is 9.53 Å². The third-order valence-electron chi connectivity index (χ3n) is 2.50. The van der Waals surface area contributed by atoms with E-state index in [4.69, 9.17) is 19.9 Å². The van der Waals surface area contributed by atoms with Crippen molar-refractivity contribution in [2.75, 3.05) is 39.3 Å². The van der Waals surface area contributed by atoms with E-state index in [9.17, 15) is 4.79 Å². The van der Waals surface area contributed by atoms with Crippen LogP contribution in [0.5, 0.6) is 11.5 Å². The minimum Gasteiger partial charge on any atom is -0.493 e. The first-order chi connectivity index (χ1) is 9.12. The molecule has 1 amide bonds. The van der Waals surface area contributed by atoms with Crippen LogP contribution < -0.4 is 20.5 Å². The van der Waals surface area contributed by atoms with E-state index in [1.54, 1.807) is 26.4 Å². The first-order valence-electron chi connectivity index (χ1n) is 5.92. The van der Waals surface area contributed by atoms with E-state index in [0.717, 1.165) is 5.56 Å². The molecule has 0 bridgehead atoms. The largest absolute Gasteiger partial charge is 0.493 e. The van der Waals surface area contributed by atoms with Crippen molar-refractivity contribution >= 4 is 11.6 Å². The molecule has 6 heteroatoms. The zero-order chi connectivity index (χ0) is 14.3. The number of anilines is 1. The van der Waals surface area contributed by atoms with Crippen molar-refractivity contribution < 1.29 is 19.0 Å². The van der Waals surface area contributed by atoms with E-state index in [-0.39, 0.29) is 12.5 Å². The molecule has 1 aromatic carbocycles. The summed E-state index contributed by atoms with van der Waals surface area (Å²) in [7, 11) is 3.11. The maximum absolute atomic E-state index is 11.6. The van der Waals surface area contributed by atoms with Gasteiger partial charge < -0.3 is 25.3 Å². The van der Waals surface area contributed by atoms with E-state index in [1.807, 2.05) is 6.92 Å². The molecule has 1 aromatic rings. The predicted molar refractivity (Wildman–Crippen MR) is 72.8 cm³/mol. The van der Waals surface area contributed by atoms with Crippen LogP contribution in [0.4, 0.5) is 5.69 Å². The number of benzene rings is 1. The van der Waals surface area contributed by atoms with Gasteiger partial charge in [-0.25, -0.2) is 0 Å². The number of nitrogens with two attached hydrogens (primary N) is 1. The molecule has 106 valence electrons. The molecule has 0 atom stereocenters. The lowest BCUT2D eigenvalue weighted by Gasteiger charge is -2.13. The Kier molecular flexibility index (Phi) is 6.11. The maximum atomic E-state index is 11.6. The van der Waals surface area contributed by atoms with Crippen molar-refractivity contribution in [2.45, 2.75) is 6.92 Å². The van der Waals surface area contributed by atoms with Gasteiger partial charge in [0.25, 0.3) is 0 Å². The summed E-state index contributed by atoms with van der Waals surface area (Å²) in [5.41, 5.74) is 6.82. The highest BCUT2D eigenvalue weighted by atomic mass is 16.5. The van der Waals surface area contributed by atoms with Gasteiger partial charge in [-0.3, -0.25) is 4.79 Å². The van der Waals surface area contributed by atoms with Crippen LogP contribution in [0.3, 0.4) is 0 Å². The van der Waals surface area contributed by atoms with Crippen LogP contribution in [0.1, 0.15) is 5.56 Å². The van der Waals surface area contributed by atoms with Crippen molar-refractivity contribution in [2.24, 2.45) is 5.73 Å². The number of rotatable bonds is 7. The van der Waals surface area contributed by atoms with Crippen molar-refractivity contribution in [1.82, 2.24) is 0 Å². The summed E-state index contributed by atoms with van der Waals surface area (Å²) in [6.45, 7) is 2.60. The Morgan fingerprint density at radius 2 is 1.89 bits per heavy atom. The SMILES string of the molecule is COc1cc(C)c(NC(=O)COCCN)cc1OC. The summed E-state index contributed by atoms with van der Waals surface area (Å²) >= 11 is 0. The normalized spacial score (nSPS) is 10.1. The molecular weight excluding hydrogens is 248 g/mol. The molecule has 0 aromatic heterocycles. The molecule has 0 aliphatic heterocycles. The smallest absolute Gasteiger partial charge is 0.250 e. The standard InChI is InChI=1S/C13H20N2O4/c1-9-6-11(17-2)12(18-3)7-10(9)15-13(16)8-19-5-4-14/h6-7H,4-5,8,14H2,1-3H3,(H,15,16). The summed E-state index contributed by atoms with van der Waals surface area (Å²) < 4.78 is 15.4. The third-order valence-corrected chi connectivity index (χ3v) is 2.50. The fourth-order valence-electron chi connectivity index (χ4n) is 1.55. The molecule has 0 saturated heterocycles. The quantitative estimate of drug-likeness (QED) is 0.719. The van der Waals surface area contributed by atoms with Crippen LogP contribution in [0.15, 0.2) is 12.1 Å². The van der Waals surface area contributed by atoms with Gasteiger partial charge in [0.2, 0.25) is 5.91 Å². The Morgan fingerprint density at radius 1 is 1.26 bits per heavy atom. The fourth-order valence-corrected chi connectivity index (χ4v) is 1.55. The number of amides is 1. The molecule has 0 aliphatic rings. The van der Waals surface area contributed by atoms with Gasteiger partial charge in [0.1, 0.15) is 6.61 Å². The number of methoxy groups -OCH3 is 2. The first-order valence-corrected chi connectivity index (χ1v) is 5.92. The second-order valence-electron chi connectivity index (χ2n) is 3.91. The monoisotopic (exact) mass is 268 g/mol. The summed E-state index contributed by atoms with van der Waals surface area (Å²) in [4.78, 5) is 11.6. The molecule has 0 radical (unpaired) electrons. The lowest BCUT2D eigenvalue weighted by molar-refractivity contribution is -0.120. The van der Waals surface area contributed by atoms with Gasteiger partial charge in [0.05, 0.1) is 20.8 Å². The average Bonchev–Trinajstić information content (AvgIpc) is 2.40. The molecular formula is C13H20N2O4. The fraction of sp³-hybridized carbons (Fsp3) is 0.462. The minimum atomic E-state index is -0.233. The number of carbonyl (C=O) groups excluding carboxylic acids is 1. The molecule has 19 heavy (non-hydrogen) atoms. The minimum absolute atomic E-state index is 0.0228. The summed E-state index contributed by atoms with van der Waals surface area (Å²) in [6, 6.07) is 3.52. The summed E-state index contributed by atoms with van der Waals surface area (Å²) in [5.74, 6) is 0.951. The van der Waals surface area contributed by atoms with Crippen molar-refractivity contribution in [1.29, 1.82) is 0 Å². The van der Waals surface area contributed by atoms with Gasteiger partial charge in [-0.1, -0.05) is 0 Å². The van der Waals surface area contributed by atoms with Crippen LogP contribution in [0.2, 0.25) is 0 Å². The molecule has 0 heterocycles. The number of carbonyl (C=O) groups is 1. The number of hydrogen-bond donors (Lipinski definition) is 2. The summed E-state index contributed by atoms with van der Waals surface area (Å²) in [6.07, 6.45) is 0. The van der Waals surface area contributed by atoms with Crippen LogP contribution in [0, 0.1) is 6.92 Å². The topological polar surface area (TPSA) is 82.8 Å². The Morgan fingerprint density at radius 3 is 2.47 bits per heavy atom. The number of aryl methyl sites for hydroxylation is 1. The molecule has 1 rings (SSSR count). The molecule has 0 spiro atoms. The van der Waals surface area contributed by atoms with Gasteiger partial charge in [-0.2, -0.15) is 0 Å². The average molecular weight is 268 g/mol. The molecule has 0 saturated carbocycles. The number of ether oxygens (including phenoxy) is 3. The van der Waals surface area contributed by atoms with Gasteiger partial charge >= 0.3 is 0 Å². The van der Waals surface area contributed by atoms with Gasteiger partial charge in [0.15, 0.2) is 11.5 Å². The van der Waals surface area contributed by atoms with Crippen molar-refractivity contribution in [3.05, 3.63) is 17.7 Å². The Labute approximate surface area is 112 Å². The van der Waals surface area contributed by atoms with Crippen LogP contribution in [0.25, 0.3) is 0 Å². The molecule has 6 nitrogen and oxygen atoms in total. The summed E-state index contributed by atoms with van der Waals surface area (Å²) in [5, 5.41) is 2.75. The lowest BCUT2D eigenvalue weighted by atomic mass is 10.1. The van der Waals surface area contributed by atoms with E-state index in [0.29, 0.717) is 30.3 Å². The Hall–Kier alpha value is -1.79. The first kappa shape index (κ1) is 15.3. The Bertz CT molecular complexity index is 435. The maximum Gasteiger partial charge on any atom is 0.250 e. The van der Waals surface area contributed by atoms with E-state index >= 15 is 0 Å². The highest BCUT2D eigenvalue weighted by Crippen LogP contribution is 2.32. The zero-order valence-corrected chi connectivity index (χ0v) is 11.5. The number of hydrogen-bond acceptors (Lipinski definition) is 5. The molecule has 0 unspecified atom stereocenters. The van der Waals surface area contributed by atoms with Crippen LogP contribution in [-0.4, -0.2) is 39.9 Å². The zero-order valence-electron chi connectivity index (χ0n) is 11.5. The highest BCUT2D eigenvalue weighted by molar-refractivity contribution is 5.92. The van der Waals surface area contributed by atoms with Crippen molar-refractivity contribution in [3.63, 3.8) is 0 Å². The van der Waals surface area contributed by atoms with E-state index in [1.165, 1.54) is 0 Å². The predicted octanol–water partition coefficient (Wildman–Crippen LogP) is 0.926. The van der Waals surface area contributed by atoms with Crippen LogP contribution >= 0.6 is 0 Å². The molecule has 3 N–H and O–H groups in total. The number of nitrogens with one attached hydrogen (secondary N) is 1. The second kappa shape index (κ2) is 7.60. The molecule has 0 fully saturated rings. The lowest BCUT2D eigenvalue weighted by Crippen LogP contribution is -2.21. The van der Waals surface area contributed by atoms with Gasteiger partial charge in [-0.05, 0) is 18.6 Å². The van der Waals surface area contributed by atoms with Gasteiger partial charge in [-0.15, -0.1) is 0 Å². The van der Waals surface area contributed by atoms with Crippen molar-refractivity contribution in [3.8, 4) is 11.5 Å². The van der Waals surface area contributed by atoms with E-state index < -0.39 is 0 Å². The van der Waals surface area contributed by atoms with Gasteiger partial charge in [0, 0.05) is 18.3 Å². The molecule has 0 aliphatic carbocycles. The Balaban J connectivity index is 2.75. The second-order valence-corrected chi connectivity index (χ2v) is 3.91. The van der Waals surface area contributed by atoms with E-state index in [2.05, 4.69) is 5.32 Å². The third kappa shape index (κ3) is 4.42.